The second kappa shape index (κ2) is 5.34. The monoisotopic (exact) mass is 341 g/mol. The molecule has 4 heteroatoms. The Bertz CT molecular complexity index is 898. The van der Waals surface area contributed by atoms with Crippen LogP contribution in [0.4, 0.5) is 0 Å². The highest BCUT2D eigenvalue weighted by molar-refractivity contribution is 5.84. The number of phenols is 1. The fraction of sp³-hybridized carbons (Fsp3) is 0.571. The number of hydrogen-bond donors (Lipinski definition) is 1. The van der Waals surface area contributed by atoms with Crippen molar-refractivity contribution in [3.05, 3.63) is 39.7 Å². The average Bonchev–Trinajstić information content (AvgIpc) is 2.70. The van der Waals surface area contributed by atoms with Crippen LogP contribution < -0.4 is 5.63 Å². The molecule has 1 saturated carbocycles. The molecular formula is C21H27NO3. The Labute approximate surface area is 148 Å². The molecule has 2 aromatic rings. The quantitative estimate of drug-likeness (QED) is 0.832. The number of fused-ring (bicyclic) bond motifs is 3. The van der Waals surface area contributed by atoms with Gasteiger partial charge in [0.15, 0.2) is 0 Å². The molecular weight excluding hydrogens is 314 g/mol. The van der Waals surface area contributed by atoms with E-state index in [9.17, 15) is 9.90 Å². The molecule has 4 nitrogen and oxygen atoms in total. The molecule has 2 atom stereocenters. The van der Waals surface area contributed by atoms with Crippen molar-refractivity contribution in [2.24, 2.45) is 10.8 Å². The van der Waals surface area contributed by atoms with E-state index in [0.717, 1.165) is 23.1 Å². The summed E-state index contributed by atoms with van der Waals surface area (Å²) in [6.07, 6.45) is 3.63. The van der Waals surface area contributed by atoms with Crippen molar-refractivity contribution in [1.82, 2.24) is 4.90 Å². The number of aryl methyl sites for hydroxylation is 1. The Hall–Kier alpha value is -1.81. The highest BCUT2D eigenvalue weighted by atomic mass is 16.4. The molecule has 2 aliphatic rings. The third-order valence-corrected chi connectivity index (χ3v) is 6.08. The van der Waals surface area contributed by atoms with E-state index in [0.29, 0.717) is 29.0 Å². The van der Waals surface area contributed by atoms with Crippen LogP contribution in [-0.2, 0) is 6.54 Å². The van der Waals surface area contributed by atoms with Gasteiger partial charge in [0.1, 0.15) is 11.3 Å². The van der Waals surface area contributed by atoms with Crippen LogP contribution in [0.15, 0.2) is 27.4 Å². The number of aromatic hydroxyl groups is 1. The Morgan fingerprint density at radius 2 is 2.04 bits per heavy atom. The van der Waals surface area contributed by atoms with Crippen molar-refractivity contribution < 1.29 is 9.52 Å². The van der Waals surface area contributed by atoms with Gasteiger partial charge in [-0.3, -0.25) is 4.90 Å². The van der Waals surface area contributed by atoms with E-state index in [2.05, 4.69) is 25.7 Å². The van der Waals surface area contributed by atoms with Crippen molar-refractivity contribution in [3.63, 3.8) is 0 Å². The summed E-state index contributed by atoms with van der Waals surface area (Å²) in [5, 5.41) is 11.4. The Morgan fingerprint density at radius 1 is 1.28 bits per heavy atom. The number of benzene rings is 1. The van der Waals surface area contributed by atoms with Crippen molar-refractivity contribution in [2.45, 2.75) is 59.5 Å². The van der Waals surface area contributed by atoms with E-state index in [4.69, 9.17) is 4.42 Å². The maximum Gasteiger partial charge on any atom is 0.336 e. The van der Waals surface area contributed by atoms with Crippen LogP contribution in [-0.4, -0.2) is 22.6 Å². The molecule has 2 bridgehead atoms. The molecule has 25 heavy (non-hydrogen) atoms. The van der Waals surface area contributed by atoms with Gasteiger partial charge in [-0.05, 0) is 54.7 Å². The number of likely N-dealkylation sites (tertiary alicyclic amines) is 1. The molecule has 0 unspecified atom stereocenters. The third kappa shape index (κ3) is 2.86. The average molecular weight is 341 g/mol. The molecule has 1 N–H and O–H groups in total. The lowest BCUT2D eigenvalue weighted by molar-refractivity contribution is 0.126. The minimum absolute atomic E-state index is 0.215. The van der Waals surface area contributed by atoms with Crippen LogP contribution in [0.1, 0.15) is 51.2 Å². The molecule has 0 amide bonds. The highest BCUT2D eigenvalue weighted by Gasteiger charge is 2.49. The van der Waals surface area contributed by atoms with Crippen LogP contribution in [0, 0.1) is 17.8 Å². The first kappa shape index (κ1) is 16.6. The first-order valence-corrected chi connectivity index (χ1v) is 9.15. The van der Waals surface area contributed by atoms with Gasteiger partial charge in [0.25, 0.3) is 0 Å². The molecule has 1 aliphatic carbocycles. The summed E-state index contributed by atoms with van der Waals surface area (Å²) in [6, 6.07) is 5.59. The van der Waals surface area contributed by atoms with Crippen LogP contribution >= 0.6 is 0 Å². The van der Waals surface area contributed by atoms with E-state index >= 15 is 0 Å². The van der Waals surface area contributed by atoms with Gasteiger partial charge in [0, 0.05) is 30.6 Å². The van der Waals surface area contributed by atoms with E-state index < -0.39 is 0 Å². The predicted molar refractivity (Wildman–Crippen MR) is 98.8 cm³/mol. The molecule has 1 saturated heterocycles. The van der Waals surface area contributed by atoms with Gasteiger partial charge in [-0.25, -0.2) is 4.79 Å². The van der Waals surface area contributed by atoms with Gasteiger partial charge in [0.2, 0.25) is 0 Å². The molecule has 2 fully saturated rings. The fourth-order valence-corrected chi connectivity index (χ4v) is 5.55. The lowest BCUT2D eigenvalue weighted by Crippen LogP contribution is -2.34. The lowest BCUT2D eigenvalue weighted by atomic mass is 9.65. The minimum Gasteiger partial charge on any atom is -0.507 e. The molecule has 0 spiro atoms. The van der Waals surface area contributed by atoms with Crippen LogP contribution in [0.5, 0.6) is 5.75 Å². The van der Waals surface area contributed by atoms with Crippen molar-refractivity contribution in [3.8, 4) is 5.75 Å². The van der Waals surface area contributed by atoms with E-state index in [1.807, 2.05) is 13.0 Å². The summed E-state index contributed by atoms with van der Waals surface area (Å²) in [5.41, 5.74) is 2.51. The summed E-state index contributed by atoms with van der Waals surface area (Å²) in [4.78, 5) is 14.3. The standard InChI is InChI=1S/C21H27NO3/c1-13-7-18(24)25-19-15(13)5-6-17(23)16(19)10-22-12-21(4)9-14(22)8-20(2,3)11-21/h5-7,14,23H,8-12H2,1-4H3/t14-,21+/m1/s1. The van der Waals surface area contributed by atoms with Gasteiger partial charge in [-0.15, -0.1) is 0 Å². The molecule has 0 radical (unpaired) electrons. The topological polar surface area (TPSA) is 53.7 Å². The highest BCUT2D eigenvalue weighted by Crippen LogP contribution is 2.53. The van der Waals surface area contributed by atoms with Crippen molar-refractivity contribution in [1.29, 1.82) is 0 Å². The fourth-order valence-electron chi connectivity index (χ4n) is 5.55. The maximum atomic E-state index is 11.9. The first-order valence-electron chi connectivity index (χ1n) is 9.15. The van der Waals surface area contributed by atoms with Gasteiger partial charge in [-0.2, -0.15) is 0 Å². The number of hydrogen-bond acceptors (Lipinski definition) is 4. The first-order chi connectivity index (χ1) is 11.7. The van der Waals surface area contributed by atoms with E-state index in [1.165, 1.54) is 25.3 Å². The largest absolute Gasteiger partial charge is 0.507 e. The molecule has 1 aromatic heterocycles. The second-order valence-corrected chi connectivity index (χ2v) is 9.31. The summed E-state index contributed by atoms with van der Waals surface area (Å²) in [6.45, 7) is 10.7. The Balaban J connectivity index is 1.75. The number of phenolic OH excluding ortho intramolecular Hbond substituents is 1. The summed E-state index contributed by atoms with van der Waals surface area (Å²) >= 11 is 0. The zero-order valence-corrected chi connectivity index (χ0v) is 15.6. The minimum atomic E-state index is -0.356. The van der Waals surface area contributed by atoms with Crippen molar-refractivity contribution >= 4 is 11.0 Å². The van der Waals surface area contributed by atoms with Gasteiger partial charge in [0.05, 0.1) is 5.56 Å². The van der Waals surface area contributed by atoms with Gasteiger partial charge < -0.3 is 9.52 Å². The molecule has 2 heterocycles. The Kier molecular flexibility index (Phi) is 3.56. The third-order valence-electron chi connectivity index (χ3n) is 6.08. The number of nitrogens with zero attached hydrogens (tertiary/aromatic N) is 1. The molecule has 134 valence electrons. The van der Waals surface area contributed by atoms with Crippen LogP contribution in [0.25, 0.3) is 11.0 Å². The summed E-state index contributed by atoms with van der Waals surface area (Å²) in [5.74, 6) is 0.215. The SMILES string of the molecule is Cc1cc(=O)oc2c(CN3C[C@@]4(C)C[C@H]3CC(C)(C)C4)c(O)ccc12. The summed E-state index contributed by atoms with van der Waals surface area (Å²) < 4.78 is 5.50. The van der Waals surface area contributed by atoms with Gasteiger partial charge in [-0.1, -0.05) is 20.8 Å². The maximum absolute atomic E-state index is 11.9. The van der Waals surface area contributed by atoms with E-state index in [-0.39, 0.29) is 11.4 Å². The normalized spacial score (nSPS) is 28.6. The number of rotatable bonds is 2. The zero-order chi connectivity index (χ0) is 18.0. The summed E-state index contributed by atoms with van der Waals surface area (Å²) in [7, 11) is 0. The predicted octanol–water partition coefficient (Wildman–Crippen LogP) is 4.21. The molecule has 4 rings (SSSR count). The van der Waals surface area contributed by atoms with Gasteiger partial charge >= 0.3 is 5.63 Å². The Morgan fingerprint density at radius 3 is 2.80 bits per heavy atom. The zero-order valence-electron chi connectivity index (χ0n) is 15.6. The van der Waals surface area contributed by atoms with E-state index in [1.54, 1.807) is 6.07 Å². The second-order valence-electron chi connectivity index (χ2n) is 9.31. The lowest BCUT2D eigenvalue weighted by Gasteiger charge is -2.40. The molecule has 1 aliphatic heterocycles. The smallest absolute Gasteiger partial charge is 0.336 e. The van der Waals surface area contributed by atoms with Crippen molar-refractivity contribution in [2.75, 3.05) is 6.54 Å². The van der Waals surface area contributed by atoms with Crippen LogP contribution in [0.3, 0.4) is 0 Å². The molecule has 1 aromatic carbocycles. The van der Waals surface area contributed by atoms with Crippen LogP contribution in [0.2, 0.25) is 0 Å².